The molecule has 0 fully saturated rings. The van der Waals surface area contributed by atoms with Crippen molar-refractivity contribution in [2.45, 2.75) is 71.9 Å². The van der Waals surface area contributed by atoms with Crippen molar-refractivity contribution in [3.63, 3.8) is 0 Å². The molecule has 0 spiro atoms. The number of rotatable bonds is 10. The van der Waals surface area contributed by atoms with Crippen molar-refractivity contribution in [1.29, 1.82) is 10.5 Å². The molecule has 6 aromatic heterocycles. The predicted octanol–water partition coefficient (Wildman–Crippen LogP) is 6.79. The highest BCUT2D eigenvalue weighted by Gasteiger charge is 2.15. The minimum atomic E-state index is 0. The van der Waals surface area contributed by atoms with Crippen LogP contribution in [0.25, 0.3) is 44.6 Å². The van der Waals surface area contributed by atoms with Crippen LogP contribution in [-0.4, -0.2) is 49.5 Å². The molecule has 2 atom stereocenters. The molecule has 0 bridgehead atoms. The van der Waals surface area contributed by atoms with E-state index in [2.05, 4.69) is 66.1 Å². The largest absolute Gasteiger partial charge is 0.346 e. The third-order valence-corrected chi connectivity index (χ3v) is 7.10. The van der Waals surface area contributed by atoms with Gasteiger partial charge in [0.15, 0.2) is 0 Å². The van der Waals surface area contributed by atoms with E-state index in [-0.39, 0.29) is 19.5 Å². The maximum absolute atomic E-state index is 8.95. The van der Waals surface area contributed by atoms with Crippen molar-refractivity contribution in [3.8, 4) is 34.7 Å². The second kappa shape index (κ2) is 14.5. The van der Waals surface area contributed by atoms with Crippen LogP contribution in [0.4, 0.5) is 0 Å². The zero-order valence-electron chi connectivity index (χ0n) is 23.6. The molecule has 6 aromatic rings. The van der Waals surface area contributed by atoms with Gasteiger partial charge in [-0.25, -0.2) is 19.9 Å². The monoisotopic (exact) mass is 576 g/mol. The SMILES string of the molecule is C.CCC[C@@H](CC#N)n1cc(-c2ncnc3[nH]ccc23)cn1.CCC[C@H](CC#N)n1cc(-c2ncnc3[nH]ccc23)cn1. The van der Waals surface area contributed by atoms with Gasteiger partial charge in [-0.3, -0.25) is 9.36 Å². The fourth-order valence-electron chi connectivity index (χ4n) is 5.06. The number of nitriles is 2. The first kappa shape index (κ1) is 30.6. The molecule has 0 saturated heterocycles. The van der Waals surface area contributed by atoms with Gasteiger partial charge in [-0.2, -0.15) is 20.7 Å². The highest BCUT2D eigenvalue weighted by molar-refractivity contribution is 5.90. The lowest BCUT2D eigenvalue weighted by atomic mass is 10.1. The Labute approximate surface area is 250 Å². The maximum Gasteiger partial charge on any atom is 0.141 e. The fourth-order valence-corrected chi connectivity index (χ4v) is 5.06. The van der Waals surface area contributed by atoms with E-state index in [0.29, 0.717) is 12.8 Å². The molecule has 0 saturated carbocycles. The first-order chi connectivity index (χ1) is 20.7. The van der Waals surface area contributed by atoms with Crippen LogP contribution in [0, 0.1) is 22.7 Å². The number of H-pyrrole nitrogens is 2. The number of aromatic nitrogens is 10. The van der Waals surface area contributed by atoms with Crippen molar-refractivity contribution in [2.75, 3.05) is 0 Å². The predicted molar refractivity (Wildman–Crippen MR) is 165 cm³/mol. The molecule has 0 amide bonds. The molecule has 220 valence electrons. The summed E-state index contributed by atoms with van der Waals surface area (Å²) in [6.45, 7) is 4.23. The summed E-state index contributed by atoms with van der Waals surface area (Å²) in [5.41, 5.74) is 5.24. The molecule has 43 heavy (non-hydrogen) atoms. The van der Waals surface area contributed by atoms with E-state index in [0.717, 1.165) is 70.3 Å². The molecule has 12 heteroatoms. The van der Waals surface area contributed by atoms with E-state index in [9.17, 15) is 0 Å². The molecule has 6 heterocycles. The lowest BCUT2D eigenvalue weighted by Gasteiger charge is -2.12. The summed E-state index contributed by atoms with van der Waals surface area (Å²) in [5.74, 6) is 0. The van der Waals surface area contributed by atoms with Crippen LogP contribution in [0.5, 0.6) is 0 Å². The molecular formula is C31H36N12. The zero-order valence-corrected chi connectivity index (χ0v) is 23.6. The number of nitrogens with one attached hydrogen (secondary N) is 2. The van der Waals surface area contributed by atoms with Gasteiger partial charge in [-0.15, -0.1) is 0 Å². The topological polar surface area (TPSA) is 166 Å². The van der Waals surface area contributed by atoms with Crippen LogP contribution in [-0.2, 0) is 0 Å². The molecule has 0 aliphatic carbocycles. The third kappa shape index (κ3) is 6.76. The van der Waals surface area contributed by atoms with Gasteiger partial charge in [0.05, 0.1) is 60.8 Å². The average Bonchev–Trinajstić information content (AvgIpc) is 3.83. The van der Waals surface area contributed by atoms with Crippen molar-refractivity contribution < 1.29 is 0 Å². The fraction of sp³-hybridized carbons (Fsp3) is 0.355. The van der Waals surface area contributed by atoms with Crippen molar-refractivity contribution in [2.24, 2.45) is 0 Å². The molecular weight excluding hydrogens is 540 g/mol. The van der Waals surface area contributed by atoms with Crippen molar-refractivity contribution in [1.82, 2.24) is 49.5 Å². The van der Waals surface area contributed by atoms with Gasteiger partial charge in [0.2, 0.25) is 0 Å². The number of hydrogen-bond acceptors (Lipinski definition) is 8. The lowest BCUT2D eigenvalue weighted by molar-refractivity contribution is 0.428. The van der Waals surface area contributed by atoms with E-state index < -0.39 is 0 Å². The van der Waals surface area contributed by atoms with Gasteiger partial charge < -0.3 is 9.97 Å². The minimum absolute atomic E-state index is 0. The Balaban J connectivity index is 0.000000192. The number of aromatic amines is 2. The molecule has 6 rings (SSSR count). The molecule has 12 nitrogen and oxygen atoms in total. The second-order valence-corrected chi connectivity index (χ2v) is 9.95. The summed E-state index contributed by atoms with van der Waals surface area (Å²) < 4.78 is 3.76. The first-order valence-electron chi connectivity index (χ1n) is 14.1. The Morgan fingerprint density at radius 1 is 0.721 bits per heavy atom. The number of fused-ring (bicyclic) bond motifs is 2. The third-order valence-electron chi connectivity index (χ3n) is 7.10. The Kier molecular flexibility index (Phi) is 10.3. The van der Waals surface area contributed by atoms with Gasteiger partial charge in [0, 0.05) is 46.7 Å². The molecule has 0 aliphatic heterocycles. The molecule has 0 aromatic carbocycles. The van der Waals surface area contributed by atoms with E-state index >= 15 is 0 Å². The van der Waals surface area contributed by atoms with Crippen LogP contribution in [0.1, 0.15) is 71.9 Å². The van der Waals surface area contributed by atoms with Gasteiger partial charge >= 0.3 is 0 Å². The normalized spacial score (nSPS) is 12.1. The van der Waals surface area contributed by atoms with Crippen molar-refractivity contribution >= 4 is 22.1 Å². The van der Waals surface area contributed by atoms with Crippen LogP contribution < -0.4 is 0 Å². The summed E-state index contributed by atoms with van der Waals surface area (Å²) in [6, 6.07) is 8.63. The highest BCUT2D eigenvalue weighted by Crippen LogP contribution is 2.28. The van der Waals surface area contributed by atoms with Gasteiger partial charge in [-0.05, 0) is 25.0 Å². The summed E-state index contributed by atoms with van der Waals surface area (Å²) in [4.78, 5) is 23.3. The maximum atomic E-state index is 8.95. The van der Waals surface area contributed by atoms with Gasteiger partial charge in [0.25, 0.3) is 0 Å². The summed E-state index contributed by atoms with van der Waals surface area (Å²) in [6.07, 6.45) is 19.2. The van der Waals surface area contributed by atoms with E-state index in [1.54, 1.807) is 25.0 Å². The number of nitrogens with zero attached hydrogens (tertiary/aromatic N) is 10. The summed E-state index contributed by atoms with van der Waals surface area (Å²) in [7, 11) is 0. The Hall–Kier alpha value is -5.36. The second-order valence-electron chi connectivity index (χ2n) is 9.95. The van der Waals surface area contributed by atoms with E-state index in [1.165, 1.54) is 0 Å². The molecule has 0 aliphatic rings. The van der Waals surface area contributed by atoms with Crippen LogP contribution >= 0.6 is 0 Å². The highest BCUT2D eigenvalue weighted by atomic mass is 15.3. The Morgan fingerprint density at radius 3 is 1.56 bits per heavy atom. The van der Waals surface area contributed by atoms with E-state index in [4.69, 9.17) is 10.5 Å². The Morgan fingerprint density at radius 2 is 1.16 bits per heavy atom. The van der Waals surface area contributed by atoms with Crippen LogP contribution in [0.15, 0.2) is 62.0 Å². The zero-order chi connectivity index (χ0) is 29.3. The standard InChI is InChI=1S/2C15H16N6.CH4/c2*1-2-3-12(4-6-16)21-9-11(8-20-21)14-13-5-7-17-15(13)19-10-18-14;/h2*5,7-10,12H,2-4H2,1H3,(H,17,18,19);1H4/t2*12-;/m10./s1. The van der Waals surface area contributed by atoms with Crippen LogP contribution in [0.3, 0.4) is 0 Å². The molecule has 0 radical (unpaired) electrons. The minimum Gasteiger partial charge on any atom is -0.346 e. The quantitative estimate of drug-likeness (QED) is 0.180. The van der Waals surface area contributed by atoms with Crippen molar-refractivity contribution in [3.05, 3.63) is 62.0 Å². The molecule has 0 unspecified atom stereocenters. The summed E-state index contributed by atoms with van der Waals surface area (Å²) >= 11 is 0. The molecule has 2 N–H and O–H groups in total. The van der Waals surface area contributed by atoms with E-state index in [1.807, 2.05) is 46.3 Å². The Bertz CT molecular complexity index is 1690. The first-order valence-corrected chi connectivity index (χ1v) is 14.1. The van der Waals surface area contributed by atoms with Gasteiger partial charge in [0.1, 0.15) is 23.9 Å². The smallest absolute Gasteiger partial charge is 0.141 e. The van der Waals surface area contributed by atoms with Gasteiger partial charge in [-0.1, -0.05) is 34.1 Å². The van der Waals surface area contributed by atoms with Crippen LogP contribution in [0.2, 0.25) is 0 Å². The lowest BCUT2D eigenvalue weighted by Crippen LogP contribution is -2.08. The average molecular weight is 577 g/mol. The summed E-state index contributed by atoms with van der Waals surface area (Å²) in [5, 5.41) is 28.7. The number of hydrogen-bond donors (Lipinski definition) is 2.